The van der Waals surface area contributed by atoms with Gasteiger partial charge in [0.05, 0.1) is 10.7 Å². The van der Waals surface area contributed by atoms with E-state index in [1.54, 1.807) is 12.4 Å². The van der Waals surface area contributed by atoms with Crippen LogP contribution in [0.5, 0.6) is 0 Å². The summed E-state index contributed by atoms with van der Waals surface area (Å²) in [6.07, 6.45) is 4.06. The molecule has 0 saturated heterocycles. The molecule has 0 aliphatic carbocycles. The number of aliphatic hydroxyl groups excluding tert-OH is 1. The Hall–Kier alpha value is -0.910. The van der Waals surface area contributed by atoms with Crippen LogP contribution in [0.15, 0.2) is 34.9 Å². The Kier molecular flexibility index (Phi) is 3.35. The molecule has 15 heavy (non-hydrogen) atoms. The van der Waals surface area contributed by atoms with Gasteiger partial charge in [0, 0.05) is 36.4 Å². The van der Waals surface area contributed by atoms with Gasteiger partial charge in [-0.05, 0) is 32.8 Å². The molecule has 1 aromatic heterocycles. The predicted molar refractivity (Wildman–Crippen MR) is 66.1 cm³/mol. The summed E-state index contributed by atoms with van der Waals surface area (Å²) in [5.74, 6) is 0. The summed E-state index contributed by atoms with van der Waals surface area (Å²) in [7, 11) is -0.358. The van der Waals surface area contributed by atoms with E-state index < -0.39 is 0 Å². The number of hydrogen-bond acceptors (Lipinski definition) is 4. The first kappa shape index (κ1) is 10.6. The van der Waals surface area contributed by atoms with Crippen molar-refractivity contribution in [3.05, 3.63) is 35.5 Å². The second kappa shape index (κ2) is 4.74. The topological polar surface area (TPSA) is 45.5 Å². The molecule has 1 aliphatic rings. The minimum atomic E-state index is -0.358. The highest BCUT2D eigenvalue weighted by Gasteiger charge is 2.13. The lowest BCUT2D eigenvalue weighted by molar-refractivity contribution is 0.308. The molecule has 0 saturated carbocycles. The van der Waals surface area contributed by atoms with Crippen LogP contribution >= 0.6 is 0 Å². The van der Waals surface area contributed by atoms with Crippen LogP contribution in [0.1, 0.15) is 12.0 Å². The predicted octanol–water partition coefficient (Wildman–Crippen LogP) is 1.25. The summed E-state index contributed by atoms with van der Waals surface area (Å²) in [6, 6.07) is 3.83. The number of nitrogens with zero attached hydrogens (tertiary/aromatic N) is 2. The van der Waals surface area contributed by atoms with Crippen molar-refractivity contribution in [3.8, 4) is 0 Å². The lowest BCUT2D eigenvalue weighted by Crippen LogP contribution is -2.02. The van der Waals surface area contributed by atoms with Gasteiger partial charge in [-0.1, -0.05) is 0 Å². The molecule has 5 heteroatoms. The number of rotatable bonds is 3. The van der Waals surface area contributed by atoms with Gasteiger partial charge in [-0.2, -0.15) is 0 Å². The molecule has 3 nitrogen and oxygen atoms in total. The fraction of sp³-hybridized carbons (Fsp3) is 0.200. The minimum Gasteiger partial charge on any atom is -0.396 e. The Morgan fingerprint density at radius 2 is 2.33 bits per heavy atom. The molecule has 0 fully saturated rings. The smallest absolute Gasteiger partial charge is 0.0845 e. The Morgan fingerprint density at radius 3 is 3.00 bits per heavy atom. The van der Waals surface area contributed by atoms with Crippen LogP contribution in [0.25, 0.3) is 5.70 Å². The molecular weight excluding hydrogens is 228 g/mol. The maximum atomic E-state index is 8.84. The number of aliphatic imine (C=N–C) groups is 1. The Bertz CT molecular complexity index is 440. The maximum absolute atomic E-state index is 8.84. The maximum Gasteiger partial charge on any atom is 0.0845 e. The van der Waals surface area contributed by atoms with Crippen molar-refractivity contribution >= 4 is 31.4 Å². The van der Waals surface area contributed by atoms with E-state index in [4.69, 9.17) is 16.3 Å². The highest BCUT2D eigenvalue weighted by Crippen LogP contribution is 2.22. The summed E-state index contributed by atoms with van der Waals surface area (Å²) < 4.78 is 0. The molecule has 0 aromatic carbocycles. The zero-order valence-electron chi connectivity index (χ0n) is 7.96. The quantitative estimate of drug-likeness (QED) is 0.862. The van der Waals surface area contributed by atoms with E-state index in [2.05, 4.69) is 9.98 Å². The summed E-state index contributed by atoms with van der Waals surface area (Å²) in [6.45, 7) is 0.104. The molecule has 1 aromatic rings. The van der Waals surface area contributed by atoms with Crippen molar-refractivity contribution in [1.29, 1.82) is 0 Å². The highest BCUT2D eigenvalue weighted by atomic mass is 32.8. The van der Waals surface area contributed by atoms with E-state index in [1.807, 2.05) is 17.5 Å². The summed E-state index contributed by atoms with van der Waals surface area (Å²) in [5.41, 5.74) is 1.86. The van der Waals surface area contributed by atoms with Crippen LogP contribution in [0.2, 0.25) is 0 Å². The average molecular weight is 238 g/mol. The van der Waals surface area contributed by atoms with E-state index in [1.165, 1.54) is 0 Å². The molecule has 0 radical (unpaired) electrons. The molecule has 2 rings (SSSR count). The molecule has 0 bridgehead atoms. The summed E-state index contributed by atoms with van der Waals surface area (Å²) >= 11 is 5.26. The Labute approximate surface area is 95.2 Å². The van der Waals surface area contributed by atoms with Crippen molar-refractivity contribution in [1.82, 2.24) is 4.98 Å². The van der Waals surface area contributed by atoms with Crippen LogP contribution in [-0.2, 0) is 20.6 Å². The normalized spacial score (nSPS) is 19.9. The van der Waals surface area contributed by atoms with Gasteiger partial charge < -0.3 is 5.11 Å². The van der Waals surface area contributed by atoms with E-state index >= 15 is 0 Å². The van der Waals surface area contributed by atoms with Crippen LogP contribution < -0.4 is 0 Å². The van der Waals surface area contributed by atoms with E-state index in [0.29, 0.717) is 6.42 Å². The first-order chi connectivity index (χ1) is 7.31. The van der Waals surface area contributed by atoms with Crippen molar-refractivity contribution in [3.63, 3.8) is 0 Å². The number of aliphatic hydroxyl groups is 1. The number of hydrogen-bond donors (Lipinski definition) is 1. The van der Waals surface area contributed by atoms with Crippen LogP contribution in [0, 0.1) is 0 Å². The molecule has 0 amide bonds. The van der Waals surface area contributed by atoms with Gasteiger partial charge in [0.25, 0.3) is 0 Å². The SMILES string of the molecule is OCCC1=NC(c2cccnc2)=CS1=S. The first-order valence-electron chi connectivity index (χ1n) is 4.52. The molecule has 2 heterocycles. The van der Waals surface area contributed by atoms with E-state index in [9.17, 15) is 0 Å². The molecule has 1 unspecified atom stereocenters. The average Bonchev–Trinajstić information content (AvgIpc) is 2.63. The standard InChI is InChI=1S/C10H10N2OS2/c13-5-3-10-12-9(7-15(10)14)8-2-1-4-11-6-8/h1-2,4,6-7,13H,3,5H2. The van der Waals surface area contributed by atoms with Crippen molar-refractivity contribution < 1.29 is 5.11 Å². The van der Waals surface area contributed by atoms with Gasteiger partial charge in [-0.15, -0.1) is 0 Å². The van der Waals surface area contributed by atoms with E-state index in [-0.39, 0.29) is 16.1 Å². The van der Waals surface area contributed by atoms with Gasteiger partial charge in [-0.25, -0.2) is 4.99 Å². The summed E-state index contributed by atoms with van der Waals surface area (Å²) in [5, 5.41) is 11.7. The largest absolute Gasteiger partial charge is 0.396 e. The number of aromatic nitrogens is 1. The zero-order chi connectivity index (χ0) is 10.7. The third-order valence-corrected chi connectivity index (χ3v) is 4.04. The molecular formula is C10H10N2OS2. The van der Waals surface area contributed by atoms with Crippen LogP contribution in [-0.4, -0.2) is 21.7 Å². The lowest BCUT2D eigenvalue weighted by atomic mass is 10.2. The van der Waals surface area contributed by atoms with Crippen molar-refractivity contribution in [2.75, 3.05) is 6.61 Å². The first-order valence-corrected chi connectivity index (χ1v) is 6.74. The monoisotopic (exact) mass is 238 g/mol. The fourth-order valence-electron chi connectivity index (χ4n) is 1.27. The molecule has 1 atom stereocenters. The van der Waals surface area contributed by atoms with Gasteiger partial charge in [0.15, 0.2) is 0 Å². The van der Waals surface area contributed by atoms with Crippen molar-refractivity contribution in [2.24, 2.45) is 4.99 Å². The fourth-order valence-corrected chi connectivity index (χ4v) is 2.92. The van der Waals surface area contributed by atoms with Gasteiger partial charge in [-0.3, -0.25) is 4.98 Å². The molecule has 0 spiro atoms. The Morgan fingerprint density at radius 1 is 1.47 bits per heavy atom. The van der Waals surface area contributed by atoms with Crippen LogP contribution in [0.4, 0.5) is 0 Å². The molecule has 78 valence electrons. The highest BCUT2D eigenvalue weighted by molar-refractivity contribution is 8.39. The summed E-state index contributed by atoms with van der Waals surface area (Å²) in [4.78, 5) is 8.45. The number of pyridine rings is 1. The lowest BCUT2D eigenvalue weighted by Gasteiger charge is -1.96. The zero-order valence-corrected chi connectivity index (χ0v) is 9.59. The van der Waals surface area contributed by atoms with Gasteiger partial charge in [0.2, 0.25) is 0 Å². The molecule has 1 aliphatic heterocycles. The van der Waals surface area contributed by atoms with Crippen LogP contribution in [0.3, 0.4) is 0 Å². The Balaban J connectivity index is 2.27. The van der Waals surface area contributed by atoms with Gasteiger partial charge in [0.1, 0.15) is 0 Å². The van der Waals surface area contributed by atoms with Gasteiger partial charge >= 0.3 is 0 Å². The minimum absolute atomic E-state index is 0.104. The second-order valence-electron chi connectivity index (χ2n) is 3.02. The third kappa shape index (κ3) is 2.37. The van der Waals surface area contributed by atoms with Crippen molar-refractivity contribution in [2.45, 2.75) is 6.42 Å². The second-order valence-corrected chi connectivity index (χ2v) is 5.40. The van der Waals surface area contributed by atoms with E-state index in [0.717, 1.165) is 16.3 Å². The third-order valence-electron chi connectivity index (χ3n) is 1.98. The molecule has 1 N–H and O–H groups in total.